The number of aliphatic hydroxyl groups excluding tert-OH is 1. The van der Waals surface area contributed by atoms with Gasteiger partial charge in [-0.1, -0.05) is 18.2 Å². The molecule has 0 aromatic heterocycles. The molecule has 136 valence electrons. The smallest absolute Gasteiger partial charge is 0.319 e. The van der Waals surface area contributed by atoms with Gasteiger partial charge in [-0.15, -0.1) is 0 Å². The molecular formula is C20H22N2O4. The van der Waals surface area contributed by atoms with E-state index in [1.165, 1.54) is 6.92 Å². The third kappa shape index (κ3) is 3.55. The average molecular weight is 354 g/mol. The van der Waals surface area contributed by atoms with E-state index in [1.807, 2.05) is 18.2 Å². The fraction of sp³-hybridized carbons (Fsp3) is 0.300. The van der Waals surface area contributed by atoms with Crippen LogP contribution in [-0.2, 0) is 0 Å². The number of hydrogen-bond acceptors (Lipinski definition) is 4. The molecule has 0 unspecified atom stereocenters. The number of hydrogen-bond donors (Lipinski definition) is 3. The molecule has 0 saturated carbocycles. The van der Waals surface area contributed by atoms with Crippen molar-refractivity contribution in [3.8, 4) is 5.75 Å². The maximum atomic E-state index is 12.4. The van der Waals surface area contributed by atoms with Gasteiger partial charge in [-0.25, -0.2) is 4.79 Å². The number of Topliss-reactive ketones (excluding diaryl/α,β-unsaturated/α-hetero) is 1. The highest BCUT2D eigenvalue weighted by Gasteiger charge is 2.43. The second-order valence-corrected chi connectivity index (χ2v) is 6.90. The minimum Gasteiger partial charge on any atom is -0.485 e. The van der Waals surface area contributed by atoms with Crippen LogP contribution in [0.15, 0.2) is 48.5 Å². The summed E-state index contributed by atoms with van der Waals surface area (Å²) in [5, 5.41) is 16.3. The molecule has 2 aromatic carbocycles. The van der Waals surface area contributed by atoms with Gasteiger partial charge < -0.3 is 20.5 Å². The number of carbonyl (C=O) groups is 2. The van der Waals surface area contributed by atoms with E-state index in [2.05, 4.69) is 10.6 Å². The van der Waals surface area contributed by atoms with Crippen molar-refractivity contribution in [1.29, 1.82) is 0 Å². The maximum Gasteiger partial charge on any atom is 0.319 e. The van der Waals surface area contributed by atoms with Gasteiger partial charge in [0.2, 0.25) is 0 Å². The number of nitrogens with one attached hydrogen (secondary N) is 2. The monoisotopic (exact) mass is 354 g/mol. The van der Waals surface area contributed by atoms with Gasteiger partial charge in [0.15, 0.2) is 5.78 Å². The molecule has 3 N–H and O–H groups in total. The number of anilines is 1. The summed E-state index contributed by atoms with van der Waals surface area (Å²) in [6, 6.07) is 12.9. The number of ketones is 1. The second-order valence-electron chi connectivity index (χ2n) is 6.90. The molecule has 1 aliphatic heterocycles. The Morgan fingerprint density at radius 1 is 1.12 bits per heavy atom. The van der Waals surface area contributed by atoms with E-state index in [1.54, 1.807) is 44.2 Å². The number of ether oxygens (including phenoxy) is 1. The van der Waals surface area contributed by atoms with Crippen LogP contribution in [0.25, 0.3) is 0 Å². The van der Waals surface area contributed by atoms with E-state index in [0.717, 1.165) is 0 Å². The molecule has 0 aliphatic carbocycles. The molecule has 1 aliphatic rings. The van der Waals surface area contributed by atoms with Crippen LogP contribution in [0.1, 0.15) is 42.7 Å². The third-order valence-electron chi connectivity index (χ3n) is 4.47. The van der Waals surface area contributed by atoms with Gasteiger partial charge in [0.05, 0.1) is 6.04 Å². The molecule has 26 heavy (non-hydrogen) atoms. The number of benzene rings is 2. The SMILES string of the molecule is CC(=O)c1ccc2c(c1)[C@@H](NC(=O)Nc1ccccc1)[C@H](O)C(C)(C)O2. The Hall–Kier alpha value is -2.86. The van der Waals surface area contributed by atoms with Crippen LogP contribution in [-0.4, -0.2) is 28.6 Å². The normalized spacial score (nSPS) is 20.5. The zero-order valence-electron chi connectivity index (χ0n) is 14.9. The first kappa shape index (κ1) is 17.9. The summed E-state index contributed by atoms with van der Waals surface area (Å²) in [6.45, 7) is 4.98. The standard InChI is InChI=1S/C20H22N2O4/c1-12(23)13-9-10-16-15(11-13)17(18(24)20(2,3)26-16)22-19(25)21-14-7-5-4-6-8-14/h4-11,17-18,24H,1-3H3,(H2,21,22,25)/t17-,18+/m1/s1. The molecule has 2 aromatic rings. The highest BCUT2D eigenvalue weighted by molar-refractivity contribution is 5.94. The van der Waals surface area contributed by atoms with Crippen molar-refractivity contribution in [2.24, 2.45) is 0 Å². The zero-order chi connectivity index (χ0) is 18.9. The molecule has 2 amide bonds. The topological polar surface area (TPSA) is 87.7 Å². The van der Waals surface area contributed by atoms with Crippen LogP contribution < -0.4 is 15.4 Å². The van der Waals surface area contributed by atoms with Crippen molar-refractivity contribution in [2.75, 3.05) is 5.32 Å². The lowest BCUT2D eigenvalue weighted by Gasteiger charge is -2.42. The second kappa shape index (κ2) is 6.80. The minimum absolute atomic E-state index is 0.0976. The lowest BCUT2D eigenvalue weighted by Crippen LogP contribution is -2.54. The van der Waals surface area contributed by atoms with Crippen molar-refractivity contribution in [3.05, 3.63) is 59.7 Å². The van der Waals surface area contributed by atoms with Crippen LogP contribution in [0.4, 0.5) is 10.5 Å². The number of urea groups is 1. The molecule has 0 fully saturated rings. The summed E-state index contributed by atoms with van der Waals surface area (Å²) in [5.74, 6) is 0.440. The number of para-hydroxylation sites is 1. The highest BCUT2D eigenvalue weighted by Crippen LogP contribution is 2.40. The number of carbonyl (C=O) groups excluding carboxylic acids is 2. The van der Waals surface area contributed by atoms with Crippen LogP contribution >= 0.6 is 0 Å². The van der Waals surface area contributed by atoms with E-state index in [-0.39, 0.29) is 5.78 Å². The summed E-state index contributed by atoms with van der Waals surface area (Å²) in [4.78, 5) is 24.1. The van der Waals surface area contributed by atoms with E-state index in [4.69, 9.17) is 4.74 Å². The maximum absolute atomic E-state index is 12.4. The van der Waals surface area contributed by atoms with Crippen LogP contribution in [0.5, 0.6) is 5.75 Å². The van der Waals surface area contributed by atoms with Gasteiger partial charge in [-0.3, -0.25) is 4.79 Å². The Morgan fingerprint density at radius 3 is 2.46 bits per heavy atom. The Balaban J connectivity index is 1.90. The molecule has 1 heterocycles. The first-order valence-corrected chi connectivity index (χ1v) is 8.42. The van der Waals surface area contributed by atoms with Crippen molar-refractivity contribution in [3.63, 3.8) is 0 Å². The minimum atomic E-state index is -0.987. The Morgan fingerprint density at radius 2 is 1.81 bits per heavy atom. The predicted octanol–water partition coefficient (Wildman–Crippen LogP) is 3.28. The molecule has 0 saturated heterocycles. The molecule has 6 nitrogen and oxygen atoms in total. The quantitative estimate of drug-likeness (QED) is 0.738. The van der Waals surface area contributed by atoms with Crippen molar-refractivity contribution in [1.82, 2.24) is 5.32 Å². The van der Waals surface area contributed by atoms with Gasteiger partial charge in [-0.2, -0.15) is 0 Å². The number of amides is 2. The fourth-order valence-electron chi connectivity index (χ4n) is 3.01. The largest absolute Gasteiger partial charge is 0.485 e. The van der Waals surface area contributed by atoms with E-state index >= 15 is 0 Å². The predicted molar refractivity (Wildman–Crippen MR) is 98.5 cm³/mol. The van der Waals surface area contributed by atoms with Gasteiger partial charge >= 0.3 is 6.03 Å². The van der Waals surface area contributed by atoms with Crippen LogP contribution in [0, 0.1) is 0 Å². The fourth-order valence-corrected chi connectivity index (χ4v) is 3.01. The molecule has 3 rings (SSSR count). The van der Waals surface area contributed by atoms with E-state index < -0.39 is 23.8 Å². The van der Waals surface area contributed by atoms with Crippen LogP contribution in [0.3, 0.4) is 0 Å². The van der Waals surface area contributed by atoms with Gasteiger partial charge in [-0.05, 0) is 51.1 Å². The lowest BCUT2D eigenvalue weighted by atomic mass is 9.85. The molecular weight excluding hydrogens is 332 g/mol. The first-order chi connectivity index (χ1) is 12.3. The summed E-state index contributed by atoms with van der Waals surface area (Å²) in [7, 11) is 0. The number of fused-ring (bicyclic) bond motifs is 1. The zero-order valence-corrected chi connectivity index (χ0v) is 14.9. The van der Waals surface area contributed by atoms with Gasteiger partial charge in [0.25, 0.3) is 0 Å². The summed E-state index contributed by atoms with van der Waals surface area (Å²) < 4.78 is 5.86. The Kier molecular flexibility index (Phi) is 4.70. The van der Waals surface area contributed by atoms with Gasteiger partial charge in [0, 0.05) is 16.8 Å². The lowest BCUT2D eigenvalue weighted by molar-refractivity contribution is -0.0618. The average Bonchev–Trinajstić information content (AvgIpc) is 2.59. The molecule has 0 radical (unpaired) electrons. The molecule has 0 bridgehead atoms. The highest BCUT2D eigenvalue weighted by atomic mass is 16.5. The summed E-state index contributed by atoms with van der Waals surface area (Å²) >= 11 is 0. The van der Waals surface area contributed by atoms with Crippen molar-refractivity contribution >= 4 is 17.5 Å². The van der Waals surface area contributed by atoms with E-state index in [9.17, 15) is 14.7 Å². The Labute approximate surface area is 152 Å². The molecule has 2 atom stereocenters. The summed E-state index contributed by atoms with van der Waals surface area (Å²) in [6.07, 6.45) is -0.987. The number of aliphatic hydroxyl groups is 1. The summed E-state index contributed by atoms with van der Waals surface area (Å²) in [5.41, 5.74) is 0.820. The molecule has 6 heteroatoms. The van der Waals surface area contributed by atoms with E-state index in [0.29, 0.717) is 22.6 Å². The molecule has 0 spiro atoms. The number of rotatable bonds is 3. The third-order valence-corrected chi connectivity index (χ3v) is 4.47. The van der Waals surface area contributed by atoms with Crippen molar-refractivity contribution < 1.29 is 19.4 Å². The van der Waals surface area contributed by atoms with Crippen LogP contribution in [0.2, 0.25) is 0 Å². The van der Waals surface area contributed by atoms with Crippen molar-refractivity contribution in [2.45, 2.75) is 38.5 Å². The Bertz CT molecular complexity index is 833. The van der Waals surface area contributed by atoms with Gasteiger partial charge in [0.1, 0.15) is 17.5 Å². The first-order valence-electron chi connectivity index (χ1n) is 8.42.